The van der Waals surface area contributed by atoms with Crippen molar-refractivity contribution < 1.29 is 4.79 Å². The number of amides is 1. The minimum absolute atomic E-state index is 0.0128. The molecular formula is C17H19N3OS. The van der Waals surface area contributed by atoms with Gasteiger partial charge < -0.3 is 10.6 Å². The number of anilines is 3. The number of hydrogen-bond donors (Lipinski definition) is 1. The van der Waals surface area contributed by atoms with Gasteiger partial charge in [-0.15, -0.1) is 11.8 Å². The monoisotopic (exact) mass is 313 g/mol. The van der Waals surface area contributed by atoms with E-state index in [1.165, 1.54) is 0 Å². The van der Waals surface area contributed by atoms with Crippen molar-refractivity contribution >= 4 is 34.7 Å². The molecule has 5 heteroatoms. The maximum atomic E-state index is 12.3. The summed E-state index contributed by atoms with van der Waals surface area (Å²) in [6.45, 7) is 0. The van der Waals surface area contributed by atoms with E-state index < -0.39 is 0 Å². The van der Waals surface area contributed by atoms with E-state index in [4.69, 9.17) is 5.73 Å². The predicted molar refractivity (Wildman–Crippen MR) is 94.3 cm³/mol. The lowest BCUT2D eigenvalue weighted by Gasteiger charge is -2.25. The van der Waals surface area contributed by atoms with Crippen LogP contribution in [0, 0.1) is 0 Å². The second-order valence-electron chi connectivity index (χ2n) is 5.51. The number of carbonyl (C=O) groups excluding carboxylic acids is 1. The van der Waals surface area contributed by atoms with Crippen molar-refractivity contribution in [3.63, 3.8) is 0 Å². The fraction of sp³-hybridized carbons (Fsp3) is 0.235. The molecule has 1 heterocycles. The first-order valence-electron chi connectivity index (χ1n) is 7.13. The molecule has 0 bridgehead atoms. The van der Waals surface area contributed by atoms with Crippen LogP contribution in [0.3, 0.4) is 0 Å². The number of rotatable bonds is 3. The van der Waals surface area contributed by atoms with Gasteiger partial charge in [-0.3, -0.25) is 9.69 Å². The molecular weight excluding hydrogens is 294 g/mol. The van der Waals surface area contributed by atoms with E-state index in [9.17, 15) is 4.79 Å². The van der Waals surface area contributed by atoms with Crippen LogP contribution in [0.4, 0.5) is 17.1 Å². The first-order chi connectivity index (χ1) is 10.6. The molecule has 1 aliphatic rings. The van der Waals surface area contributed by atoms with Crippen molar-refractivity contribution in [2.45, 2.75) is 5.37 Å². The number of carbonyl (C=O) groups is 1. The van der Waals surface area contributed by atoms with Gasteiger partial charge in [0.25, 0.3) is 0 Å². The Morgan fingerprint density at radius 3 is 2.55 bits per heavy atom. The molecule has 1 amide bonds. The van der Waals surface area contributed by atoms with Crippen LogP contribution in [-0.4, -0.2) is 25.8 Å². The van der Waals surface area contributed by atoms with Crippen LogP contribution < -0.4 is 15.5 Å². The summed E-state index contributed by atoms with van der Waals surface area (Å²) in [6, 6.07) is 15.8. The Morgan fingerprint density at radius 1 is 1.18 bits per heavy atom. The lowest BCUT2D eigenvalue weighted by Crippen LogP contribution is -2.27. The third kappa shape index (κ3) is 2.76. The highest BCUT2D eigenvalue weighted by Crippen LogP contribution is 2.42. The molecule has 0 spiro atoms. The van der Waals surface area contributed by atoms with Crippen molar-refractivity contribution in [2.24, 2.45) is 0 Å². The van der Waals surface area contributed by atoms with Crippen LogP contribution in [0.2, 0.25) is 0 Å². The molecule has 3 rings (SSSR count). The van der Waals surface area contributed by atoms with E-state index >= 15 is 0 Å². The van der Waals surface area contributed by atoms with Gasteiger partial charge in [0.1, 0.15) is 5.37 Å². The number of hydrogen-bond acceptors (Lipinski definition) is 4. The quantitative estimate of drug-likeness (QED) is 0.885. The summed E-state index contributed by atoms with van der Waals surface area (Å²) in [6.07, 6.45) is 0. The summed E-state index contributed by atoms with van der Waals surface area (Å²) >= 11 is 1.64. The zero-order chi connectivity index (χ0) is 15.7. The third-order valence-electron chi connectivity index (χ3n) is 3.71. The summed E-state index contributed by atoms with van der Waals surface area (Å²) < 4.78 is 0. The van der Waals surface area contributed by atoms with Crippen molar-refractivity contribution in [1.29, 1.82) is 0 Å². The van der Waals surface area contributed by atoms with Crippen molar-refractivity contribution in [3.05, 3.63) is 54.1 Å². The molecule has 1 saturated heterocycles. The van der Waals surface area contributed by atoms with E-state index in [-0.39, 0.29) is 11.3 Å². The van der Waals surface area contributed by atoms with E-state index in [0.717, 1.165) is 22.6 Å². The largest absolute Gasteiger partial charge is 0.399 e. The van der Waals surface area contributed by atoms with Crippen LogP contribution in [0.5, 0.6) is 0 Å². The predicted octanol–water partition coefficient (Wildman–Crippen LogP) is 3.11. The number of nitrogens with zero attached hydrogens (tertiary/aromatic N) is 2. The summed E-state index contributed by atoms with van der Waals surface area (Å²) in [5.41, 5.74) is 9.70. The summed E-state index contributed by atoms with van der Waals surface area (Å²) in [5, 5.41) is -0.0128. The number of benzene rings is 2. The van der Waals surface area contributed by atoms with E-state index in [1.54, 1.807) is 11.8 Å². The highest BCUT2D eigenvalue weighted by atomic mass is 32.2. The average molecular weight is 313 g/mol. The van der Waals surface area contributed by atoms with E-state index in [0.29, 0.717) is 5.75 Å². The second-order valence-corrected chi connectivity index (χ2v) is 6.58. The molecule has 1 atom stereocenters. The molecule has 0 unspecified atom stereocenters. The summed E-state index contributed by atoms with van der Waals surface area (Å²) in [5.74, 6) is 0.629. The van der Waals surface area contributed by atoms with Gasteiger partial charge in [-0.1, -0.05) is 12.1 Å². The van der Waals surface area contributed by atoms with Gasteiger partial charge in [-0.05, 0) is 42.0 Å². The summed E-state index contributed by atoms with van der Waals surface area (Å²) in [7, 11) is 4.00. The second kappa shape index (κ2) is 5.93. The topological polar surface area (TPSA) is 49.6 Å². The molecule has 0 radical (unpaired) electrons. The Labute approximate surface area is 134 Å². The molecule has 2 N–H and O–H groups in total. The van der Waals surface area contributed by atoms with Gasteiger partial charge in [0.15, 0.2) is 0 Å². The molecule has 0 aromatic heterocycles. The fourth-order valence-corrected chi connectivity index (χ4v) is 3.74. The highest BCUT2D eigenvalue weighted by molar-refractivity contribution is 8.00. The van der Waals surface area contributed by atoms with Crippen molar-refractivity contribution in [3.8, 4) is 0 Å². The third-order valence-corrected chi connectivity index (χ3v) is 4.92. The van der Waals surface area contributed by atoms with Gasteiger partial charge in [0.2, 0.25) is 5.91 Å². The van der Waals surface area contributed by atoms with Crippen LogP contribution in [-0.2, 0) is 4.79 Å². The lowest BCUT2D eigenvalue weighted by molar-refractivity contribution is -0.115. The Kier molecular flexibility index (Phi) is 3.98. The SMILES string of the molecule is CN(C)c1ccc(N2C(=O)CS[C@@H]2c2cccc(N)c2)cc1. The molecule has 2 aromatic carbocycles. The van der Waals surface area contributed by atoms with Crippen molar-refractivity contribution in [1.82, 2.24) is 0 Å². The smallest absolute Gasteiger partial charge is 0.238 e. The molecule has 22 heavy (non-hydrogen) atoms. The maximum Gasteiger partial charge on any atom is 0.238 e. The van der Waals surface area contributed by atoms with Gasteiger partial charge in [-0.2, -0.15) is 0 Å². The Morgan fingerprint density at radius 2 is 1.91 bits per heavy atom. The van der Waals surface area contributed by atoms with Crippen LogP contribution in [0.1, 0.15) is 10.9 Å². The van der Waals surface area contributed by atoms with Gasteiger partial charge >= 0.3 is 0 Å². The Hall–Kier alpha value is -2.14. The number of nitrogens with two attached hydrogens (primary N) is 1. The maximum absolute atomic E-state index is 12.3. The molecule has 0 aliphatic carbocycles. The first-order valence-corrected chi connectivity index (χ1v) is 8.17. The van der Waals surface area contributed by atoms with Crippen LogP contribution in [0.25, 0.3) is 0 Å². The van der Waals surface area contributed by atoms with Crippen LogP contribution in [0.15, 0.2) is 48.5 Å². The highest BCUT2D eigenvalue weighted by Gasteiger charge is 2.34. The van der Waals surface area contributed by atoms with E-state index in [2.05, 4.69) is 0 Å². The standard InChI is InChI=1S/C17H19N3OS/c1-19(2)14-6-8-15(9-7-14)20-16(21)11-22-17(20)12-4-3-5-13(18)10-12/h3-10,17H,11,18H2,1-2H3/t17-/m1/s1. The minimum Gasteiger partial charge on any atom is -0.399 e. The van der Waals surface area contributed by atoms with Crippen LogP contribution >= 0.6 is 11.8 Å². The average Bonchev–Trinajstić information content (AvgIpc) is 2.89. The molecule has 0 saturated carbocycles. The zero-order valence-corrected chi connectivity index (χ0v) is 13.5. The Balaban J connectivity index is 1.94. The fourth-order valence-electron chi connectivity index (χ4n) is 2.57. The minimum atomic E-state index is -0.0128. The molecule has 1 aliphatic heterocycles. The van der Waals surface area contributed by atoms with Gasteiger partial charge in [-0.25, -0.2) is 0 Å². The van der Waals surface area contributed by atoms with Crippen molar-refractivity contribution in [2.75, 3.05) is 35.4 Å². The van der Waals surface area contributed by atoms with Gasteiger partial charge in [0.05, 0.1) is 5.75 Å². The first kappa shape index (κ1) is 14.8. The number of nitrogen functional groups attached to an aromatic ring is 1. The summed E-state index contributed by atoms with van der Waals surface area (Å²) in [4.78, 5) is 16.2. The molecule has 4 nitrogen and oxygen atoms in total. The van der Waals surface area contributed by atoms with Gasteiger partial charge in [0, 0.05) is 31.2 Å². The van der Waals surface area contributed by atoms with E-state index in [1.807, 2.05) is 72.4 Å². The Bertz CT molecular complexity index is 685. The lowest BCUT2D eigenvalue weighted by atomic mass is 10.1. The normalized spacial score (nSPS) is 17.8. The zero-order valence-electron chi connectivity index (χ0n) is 12.7. The molecule has 1 fully saturated rings. The molecule has 2 aromatic rings. The molecule has 114 valence electrons. The number of thioether (sulfide) groups is 1.